The fraction of sp³-hybridized carbons (Fsp3) is 0.533. The number of halogens is 4. The first-order valence-corrected chi connectivity index (χ1v) is 7.31. The fourth-order valence-corrected chi connectivity index (χ4v) is 3.24. The van der Waals surface area contributed by atoms with Gasteiger partial charge in [-0.15, -0.1) is 25.6 Å². The van der Waals surface area contributed by atoms with Gasteiger partial charge in [-0.2, -0.15) is 0 Å². The van der Waals surface area contributed by atoms with Gasteiger partial charge in [0.15, 0.2) is 0 Å². The highest BCUT2D eigenvalue weighted by Gasteiger charge is 2.35. The Hall–Kier alpha value is -1.47. The zero-order valence-electron chi connectivity index (χ0n) is 12.3. The van der Waals surface area contributed by atoms with Crippen molar-refractivity contribution in [3.05, 3.63) is 29.8 Å². The first-order chi connectivity index (χ1) is 10.4. The van der Waals surface area contributed by atoms with E-state index in [0.717, 1.165) is 25.5 Å². The number of ether oxygens (including phenoxy) is 1. The second kappa shape index (κ2) is 6.97. The predicted molar refractivity (Wildman–Crippen MR) is 80.8 cm³/mol. The van der Waals surface area contributed by atoms with E-state index in [0.29, 0.717) is 25.0 Å². The molecule has 2 fully saturated rings. The number of amides is 1. The van der Waals surface area contributed by atoms with Crippen molar-refractivity contribution in [2.75, 3.05) is 19.6 Å². The molecule has 2 saturated heterocycles. The minimum Gasteiger partial charge on any atom is -0.406 e. The van der Waals surface area contributed by atoms with Gasteiger partial charge in [0.1, 0.15) is 5.75 Å². The molecule has 1 aromatic carbocycles. The summed E-state index contributed by atoms with van der Waals surface area (Å²) in [6, 6.07) is 5.72. The first-order valence-electron chi connectivity index (χ1n) is 7.31. The zero-order valence-corrected chi connectivity index (χ0v) is 13.1. The number of fused-ring (bicyclic) bond motifs is 1. The molecule has 1 N–H and O–H groups in total. The van der Waals surface area contributed by atoms with Crippen LogP contribution in [0.4, 0.5) is 13.2 Å². The summed E-state index contributed by atoms with van der Waals surface area (Å²) >= 11 is 0. The number of carbonyl (C=O) groups is 1. The van der Waals surface area contributed by atoms with Crippen LogP contribution in [0.25, 0.3) is 0 Å². The van der Waals surface area contributed by atoms with Gasteiger partial charge in [0.25, 0.3) is 5.91 Å². The molecule has 3 rings (SSSR count). The van der Waals surface area contributed by atoms with Gasteiger partial charge in [-0.3, -0.25) is 4.79 Å². The number of benzene rings is 1. The molecule has 0 radical (unpaired) electrons. The van der Waals surface area contributed by atoms with Crippen molar-refractivity contribution >= 4 is 18.3 Å². The molecule has 0 aromatic heterocycles. The lowest BCUT2D eigenvalue weighted by Crippen LogP contribution is -2.46. The summed E-state index contributed by atoms with van der Waals surface area (Å²) in [5, 5.41) is 3.41. The summed E-state index contributed by atoms with van der Waals surface area (Å²) in [7, 11) is 0. The minimum atomic E-state index is -4.75. The maximum atomic E-state index is 12.5. The highest BCUT2D eigenvalue weighted by atomic mass is 35.5. The number of nitrogens with zero attached hydrogens (tertiary/aromatic N) is 1. The molecule has 4 nitrogen and oxygen atoms in total. The number of likely N-dealkylation sites (tertiary alicyclic amines) is 1. The van der Waals surface area contributed by atoms with E-state index in [1.807, 2.05) is 0 Å². The number of hydrogen-bond donors (Lipinski definition) is 1. The molecule has 2 aliphatic heterocycles. The molecule has 0 saturated carbocycles. The summed E-state index contributed by atoms with van der Waals surface area (Å²) in [5.41, 5.74) is 0.228. The molecule has 0 aliphatic carbocycles. The van der Waals surface area contributed by atoms with Crippen molar-refractivity contribution in [3.8, 4) is 5.75 Å². The third-order valence-electron chi connectivity index (χ3n) is 4.26. The lowest BCUT2D eigenvalue weighted by atomic mass is 9.93. The summed E-state index contributed by atoms with van der Waals surface area (Å²) in [4.78, 5) is 14.2. The quantitative estimate of drug-likeness (QED) is 0.891. The molecule has 2 atom stereocenters. The number of nitrogens with one attached hydrogen (secondary N) is 1. The Morgan fingerprint density at radius 2 is 2.09 bits per heavy atom. The maximum Gasteiger partial charge on any atom is 0.573 e. The van der Waals surface area contributed by atoms with E-state index >= 15 is 0 Å². The fourth-order valence-electron chi connectivity index (χ4n) is 3.24. The highest BCUT2D eigenvalue weighted by Crippen LogP contribution is 2.27. The molecule has 2 heterocycles. The summed E-state index contributed by atoms with van der Waals surface area (Å²) in [5.74, 6) is -0.166. The van der Waals surface area contributed by atoms with Gasteiger partial charge in [0.2, 0.25) is 0 Å². The van der Waals surface area contributed by atoms with Crippen molar-refractivity contribution in [1.82, 2.24) is 10.2 Å². The van der Waals surface area contributed by atoms with Gasteiger partial charge in [-0.05, 0) is 43.5 Å². The van der Waals surface area contributed by atoms with E-state index in [1.54, 1.807) is 4.90 Å². The molecular weight excluding hydrogens is 333 g/mol. The van der Waals surface area contributed by atoms with Crippen LogP contribution in [0.15, 0.2) is 24.3 Å². The molecule has 8 heteroatoms. The van der Waals surface area contributed by atoms with E-state index in [-0.39, 0.29) is 29.6 Å². The van der Waals surface area contributed by atoms with Gasteiger partial charge in [0.05, 0.1) is 0 Å². The Labute approximate surface area is 138 Å². The molecule has 2 aliphatic rings. The Morgan fingerprint density at radius 1 is 1.30 bits per heavy atom. The zero-order chi connectivity index (χ0) is 15.7. The second-order valence-electron chi connectivity index (χ2n) is 5.72. The summed E-state index contributed by atoms with van der Waals surface area (Å²) in [6.45, 7) is 2.24. The number of alkyl halides is 3. The number of carbonyl (C=O) groups excluding carboxylic acids is 1. The molecule has 1 aromatic rings. The van der Waals surface area contributed by atoms with Crippen molar-refractivity contribution in [1.29, 1.82) is 0 Å². The second-order valence-corrected chi connectivity index (χ2v) is 5.72. The summed E-state index contributed by atoms with van der Waals surface area (Å²) in [6.07, 6.45) is -2.84. The van der Waals surface area contributed by atoms with E-state index < -0.39 is 6.36 Å². The van der Waals surface area contributed by atoms with Crippen LogP contribution in [0.2, 0.25) is 0 Å². The lowest BCUT2D eigenvalue weighted by molar-refractivity contribution is -0.274. The summed E-state index contributed by atoms with van der Waals surface area (Å²) < 4.78 is 40.6. The Balaban J connectivity index is 0.00000192. The molecule has 0 bridgehead atoms. The standard InChI is InChI=1S/C15H17F3N2O2.ClH/c16-15(17,18)22-12-3-1-2-10(8-12)14(21)20-7-5-13-11(9-20)4-6-19-13;/h1-3,8,11,13,19H,4-7,9H2;1H. The Kier molecular flexibility index (Phi) is 5.41. The maximum absolute atomic E-state index is 12.5. The highest BCUT2D eigenvalue weighted by molar-refractivity contribution is 5.94. The van der Waals surface area contributed by atoms with Gasteiger partial charge < -0.3 is 15.0 Å². The van der Waals surface area contributed by atoms with Crippen molar-refractivity contribution in [2.24, 2.45) is 5.92 Å². The van der Waals surface area contributed by atoms with E-state index in [2.05, 4.69) is 10.1 Å². The average molecular weight is 351 g/mol. The SMILES string of the molecule is Cl.O=C(c1cccc(OC(F)(F)F)c1)N1CCC2NCCC2C1. The van der Waals surface area contributed by atoms with Crippen LogP contribution in [0.1, 0.15) is 23.2 Å². The monoisotopic (exact) mass is 350 g/mol. The predicted octanol–water partition coefficient (Wildman–Crippen LogP) is 2.83. The number of rotatable bonds is 2. The lowest BCUT2D eigenvalue weighted by Gasteiger charge is -2.35. The smallest absolute Gasteiger partial charge is 0.406 e. The molecule has 128 valence electrons. The Bertz CT molecular complexity index is 568. The van der Waals surface area contributed by atoms with Crippen LogP contribution in [0.5, 0.6) is 5.75 Å². The molecule has 2 unspecified atom stereocenters. The molecule has 0 spiro atoms. The van der Waals surface area contributed by atoms with Crippen LogP contribution >= 0.6 is 12.4 Å². The number of piperidine rings is 1. The van der Waals surface area contributed by atoms with Crippen LogP contribution in [-0.4, -0.2) is 42.8 Å². The van der Waals surface area contributed by atoms with Gasteiger partial charge in [-0.1, -0.05) is 6.07 Å². The number of hydrogen-bond acceptors (Lipinski definition) is 3. The largest absolute Gasteiger partial charge is 0.573 e. The minimum absolute atomic E-state index is 0. The van der Waals surface area contributed by atoms with Crippen molar-refractivity contribution in [2.45, 2.75) is 25.2 Å². The van der Waals surface area contributed by atoms with Crippen LogP contribution in [0.3, 0.4) is 0 Å². The van der Waals surface area contributed by atoms with Crippen molar-refractivity contribution in [3.63, 3.8) is 0 Å². The normalized spacial score (nSPS) is 23.9. The van der Waals surface area contributed by atoms with E-state index in [4.69, 9.17) is 0 Å². The Morgan fingerprint density at radius 3 is 2.83 bits per heavy atom. The topological polar surface area (TPSA) is 41.6 Å². The molecule has 23 heavy (non-hydrogen) atoms. The third kappa shape index (κ3) is 4.29. The van der Waals surface area contributed by atoms with Gasteiger partial charge in [0, 0.05) is 24.7 Å². The van der Waals surface area contributed by atoms with Crippen LogP contribution < -0.4 is 10.1 Å². The van der Waals surface area contributed by atoms with Crippen molar-refractivity contribution < 1.29 is 22.7 Å². The van der Waals surface area contributed by atoms with Crippen LogP contribution in [0, 0.1) is 5.92 Å². The average Bonchev–Trinajstić information content (AvgIpc) is 2.92. The van der Waals surface area contributed by atoms with E-state index in [1.165, 1.54) is 18.2 Å². The van der Waals surface area contributed by atoms with Crippen LogP contribution in [-0.2, 0) is 0 Å². The van der Waals surface area contributed by atoms with Gasteiger partial charge >= 0.3 is 6.36 Å². The molecule has 1 amide bonds. The van der Waals surface area contributed by atoms with E-state index in [9.17, 15) is 18.0 Å². The van der Waals surface area contributed by atoms with Gasteiger partial charge in [-0.25, -0.2) is 0 Å². The first kappa shape index (κ1) is 17.9. The third-order valence-corrected chi connectivity index (χ3v) is 4.26. The molecular formula is C15H18ClF3N2O2.